The Bertz CT molecular complexity index is 500. The molecule has 2 rings (SSSR count). The first-order chi connectivity index (χ1) is 6.79. The van der Waals surface area contributed by atoms with Crippen molar-refractivity contribution in [3.05, 3.63) is 18.2 Å². The number of anilines is 1. The summed E-state index contributed by atoms with van der Waals surface area (Å²) < 4.78 is 6.16. The number of thiazole rings is 1. The summed E-state index contributed by atoms with van der Waals surface area (Å²) in [7, 11) is 0. The predicted octanol–water partition coefficient (Wildman–Crippen LogP) is 1.78. The number of benzene rings is 1. The maximum absolute atomic E-state index is 8.34. The van der Waals surface area contributed by atoms with Crippen LogP contribution in [0.1, 0.15) is 0 Å². The topological polar surface area (TPSA) is 71.9 Å². The molecule has 0 unspecified atom stereocenters. The smallest absolute Gasteiger partial charge is 0.181 e. The van der Waals surface area contributed by atoms with Gasteiger partial charge < -0.3 is 10.5 Å². The monoisotopic (exact) mass is 205 g/mol. The molecule has 0 aliphatic heterocycles. The SMILES string of the molecule is N#CCOc1ccc2sc(N)nc2c1. The van der Waals surface area contributed by atoms with E-state index in [0.29, 0.717) is 10.9 Å². The van der Waals surface area contributed by atoms with Crippen molar-refractivity contribution >= 4 is 26.7 Å². The molecule has 0 spiro atoms. The van der Waals surface area contributed by atoms with Crippen LogP contribution in [0.4, 0.5) is 5.13 Å². The second-order valence-electron chi connectivity index (χ2n) is 2.63. The van der Waals surface area contributed by atoms with Gasteiger partial charge in [-0.3, -0.25) is 0 Å². The Kier molecular flexibility index (Phi) is 2.21. The Morgan fingerprint density at radius 3 is 3.21 bits per heavy atom. The number of hydrogen-bond acceptors (Lipinski definition) is 5. The quantitative estimate of drug-likeness (QED) is 0.811. The van der Waals surface area contributed by atoms with E-state index in [1.54, 1.807) is 12.1 Å². The van der Waals surface area contributed by atoms with E-state index in [1.165, 1.54) is 11.3 Å². The Balaban J connectivity index is 2.36. The molecule has 0 saturated carbocycles. The zero-order valence-corrected chi connectivity index (χ0v) is 8.04. The number of nitrogen functional groups attached to an aromatic ring is 1. The molecule has 5 heteroatoms. The van der Waals surface area contributed by atoms with Crippen LogP contribution in [0.2, 0.25) is 0 Å². The van der Waals surface area contributed by atoms with Crippen LogP contribution in [-0.4, -0.2) is 11.6 Å². The molecule has 2 aromatic rings. The lowest BCUT2D eigenvalue weighted by atomic mass is 10.3. The largest absolute Gasteiger partial charge is 0.479 e. The summed E-state index contributed by atoms with van der Waals surface area (Å²) in [4.78, 5) is 4.12. The molecule has 1 aromatic heterocycles. The van der Waals surface area contributed by atoms with Gasteiger partial charge in [-0.1, -0.05) is 11.3 Å². The molecule has 0 saturated heterocycles. The molecule has 2 N–H and O–H groups in total. The number of rotatable bonds is 2. The molecule has 0 fully saturated rings. The number of nitrogens with two attached hydrogens (primary N) is 1. The number of ether oxygens (including phenoxy) is 1. The summed E-state index contributed by atoms with van der Waals surface area (Å²) in [5.41, 5.74) is 6.36. The first kappa shape index (κ1) is 8.78. The fourth-order valence-electron chi connectivity index (χ4n) is 1.13. The summed E-state index contributed by atoms with van der Waals surface area (Å²) in [6, 6.07) is 7.37. The van der Waals surface area contributed by atoms with Crippen molar-refractivity contribution in [2.45, 2.75) is 0 Å². The Hall–Kier alpha value is -1.80. The van der Waals surface area contributed by atoms with E-state index >= 15 is 0 Å². The fraction of sp³-hybridized carbons (Fsp3) is 0.111. The standard InChI is InChI=1S/C9H7N3OS/c10-3-4-13-6-1-2-8-7(5-6)12-9(11)14-8/h1-2,5H,4H2,(H2,11,12). The van der Waals surface area contributed by atoms with Crippen molar-refractivity contribution in [3.63, 3.8) is 0 Å². The minimum Gasteiger partial charge on any atom is -0.479 e. The molecule has 0 radical (unpaired) electrons. The van der Waals surface area contributed by atoms with Gasteiger partial charge >= 0.3 is 0 Å². The third kappa shape index (κ3) is 1.60. The molecular weight excluding hydrogens is 198 g/mol. The third-order valence-corrected chi connectivity index (χ3v) is 2.54. The number of hydrogen-bond donors (Lipinski definition) is 1. The van der Waals surface area contributed by atoms with Crippen molar-refractivity contribution in [1.82, 2.24) is 4.98 Å². The van der Waals surface area contributed by atoms with Crippen LogP contribution in [0.25, 0.3) is 10.2 Å². The van der Waals surface area contributed by atoms with Gasteiger partial charge in [-0.2, -0.15) is 5.26 Å². The summed E-state index contributed by atoms with van der Waals surface area (Å²) in [5.74, 6) is 0.643. The number of nitrogens with zero attached hydrogens (tertiary/aromatic N) is 2. The molecular formula is C9H7N3OS. The first-order valence-electron chi connectivity index (χ1n) is 3.95. The molecule has 1 heterocycles. The highest BCUT2D eigenvalue weighted by Gasteiger charge is 2.02. The van der Waals surface area contributed by atoms with Crippen LogP contribution < -0.4 is 10.5 Å². The van der Waals surface area contributed by atoms with Crippen molar-refractivity contribution < 1.29 is 4.74 Å². The van der Waals surface area contributed by atoms with E-state index in [1.807, 2.05) is 12.1 Å². The number of fused-ring (bicyclic) bond motifs is 1. The van der Waals surface area contributed by atoms with Gasteiger partial charge in [-0.25, -0.2) is 4.98 Å². The summed E-state index contributed by atoms with van der Waals surface area (Å²) in [5, 5.41) is 8.88. The lowest BCUT2D eigenvalue weighted by molar-refractivity contribution is 0.368. The van der Waals surface area contributed by atoms with Gasteiger partial charge in [0.25, 0.3) is 0 Å². The van der Waals surface area contributed by atoms with Gasteiger partial charge in [-0.05, 0) is 12.1 Å². The highest BCUT2D eigenvalue weighted by Crippen LogP contribution is 2.26. The van der Waals surface area contributed by atoms with Crippen molar-refractivity contribution in [2.24, 2.45) is 0 Å². The van der Waals surface area contributed by atoms with Crippen molar-refractivity contribution in [1.29, 1.82) is 5.26 Å². The second kappa shape index (κ2) is 3.52. The van der Waals surface area contributed by atoms with Crippen molar-refractivity contribution in [3.8, 4) is 11.8 Å². The molecule has 4 nitrogen and oxygen atoms in total. The van der Waals surface area contributed by atoms with E-state index in [-0.39, 0.29) is 6.61 Å². The Morgan fingerprint density at radius 1 is 1.57 bits per heavy atom. The minimum atomic E-state index is 0.0468. The molecule has 70 valence electrons. The predicted molar refractivity (Wildman–Crippen MR) is 55.1 cm³/mol. The summed E-state index contributed by atoms with van der Waals surface area (Å²) in [6.45, 7) is 0.0468. The zero-order valence-electron chi connectivity index (χ0n) is 7.23. The molecule has 0 aliphatic rings. The average molecular weight is 205 g/mol. The average Bonchev–Trinajstić information content (AvgIpc) is 2.54. The maximum Gasteiger partial charge on any atom is 0.181 e. The fourth-order valence-corrected chi connectivity index (χ4v) is 1.84. The molecule has 1 aromatic carbocycles. The Labute approximate surface area is 84.5 Å². The summed E-state index contributed by atoms with van der Waals surface area (Å²) in [6.07, 6.45) is 0. The van der Waals surface area contributed by atoms with Crippen LogP contribution in [0.15, 0.2) is 18.2 Å². The van der Waals surface area contributed by atoms with E-state index in [2.05, 4.69) is 4.98 Å². The molecule has 0 amide bonds. The lowest BCUT2D eigenvalue weighted by Crippen LogP contribution is -1.92. The lowest BCUT2D eigenvalue weighted by Gasteiger charge is -1.99. The number of nitriles is 1. The zero-order chi connectivity index (χ0) is 9.97. The third-order valence-electron chi connectivity index (χ3n) is 1.68. The van der Waals surface area contributed by atoms with Crippen LogP contribution >= 0.6 is 11.3 Å². The van der Waals surface area contributed by atoms with Crippen LogP contribution in [0, 0.1) is 11.3 Å². The van der Waals surface area contributed by atoms with Gasteiger partial charge in [0.15, 0.2) is 11.7 Å². The maximum atomic E-state index is 8.34. The van der Waals surface area contributed by atoms with E-state index in [9.17, 15) is 0 Å². The van der Waals surface area contributed by atoms with Gasteiger partial charge in [-0.15, -0.1) is 0 Å². The molecule has 14 heavy (non-hydrogen) atoms. The van der Waals surface area contributed by atoms with E-state index in [4.69, 9.17) is 15.7 Å². The molecule has 0 atom stereocenters. The van der Waals surface area contributed by atoms with Gasteiger partial charge in [0.05, 0.1) is 10.2 Å². The highest BCUT2D eigenvalue weighted by atomic mass is 32.1. The molecule has 0 aliphatic carbocycles. The van der Waals surface area contributed by atoms with Gasteiger partial charge in [0.1, 0.15) is 11.8 Å². The number of aromatic nitrogens is 1. The van der Waals surface area contributed by atoms with E-state index in [0.717, 1.165) is 10.2 Å². The Morgan fingerprint density at radius 2 is 2.43 bits per heavy atom. The normalized spacial score (nSPS) is 9.93. The van der Waals surface area contributed by atoms with Gasteiger partial charge in [0.2, 0.25) is 0 Å². The van der Waals surface area contributed by atoms with Gasteiger partial charge in [0, 0.05) is 6.07 Å². The van der Waals surface area contributed by atoms with Crippen molar-refractivity contribution in [2.75, 3.05) is 12.3 Å². The highest BCUT2D eigenvalue weighted by molar-refractivity contribution is 7.22. The second-order valence-corrected chi connectivity index (χ2v) is 3.69. The van der Waals surface area contributed by atoms with Crippen LogP contribution in [0.3, 0.4) is 0 Å². The summed E-state index contributed by atoms with van der Waals surface area (Å²) >= 11 is 1.43. The van der Waals surface area contributed by atoms with Crippen LogP contribution in [0.5, 0.6) is 5.75 Å². The first-order valence-corrected chi connectivity index (χ1v) is 4.77. The molecule has 0 bridgehead atoms. The van der Waals surface area contributed by atoms with E-state index < -0.39 is 0 Å². The van der Waals surface area contributed by atoms with Crippen LogP contribution in [-0.2, 0) is 0 Å². The minimum absolute atomic E-state index is 0.0468.